The summed E-state index contributed by atoms with van der Waals surface area (Å²) in [6, 6.07) is 10.1. The molecule has 0 heterocycles. The lowest BCUT2D eigenvalue weighted by molar-refractivity contribution is -0.119. The summed E-state index contributed by atoms with van der Waals surface area (Å²) in [7, 11) is 0. The highest BCUT2D eigenvalue weighted by Gasteiger charge is 2.11. The Balaban J connectivity index is 1.91. The first kappa shape index (κ1) is 16.1. The number of rotatable bonds is 4. The zero-order valence-electron chi connectivity index (χ0n) is 11.2. The van der Waals surface area contributed by atoms with E-state index in [1.165, 1.54) is 30.3 Å². The number of amides is 1. The van der Waals surface area contributed by atoms with Crippen molar-refractivity contribution in [3.8, 4) is 5.75 Å². The van der Waals surface area contributed by atoms with E-state index in [0.717, 1.165) is 0 Å². The first-order chi connectivity index (χ1) is 10.5. The van der Waals surface area contributed by atoms with Crippen molar-refractivity contribution in [1.29, 1.82) is 0 Å². The summed E-state index contributed by atoms with van der Waals surface area (Å²) in [6.07, 6.45) is 0. The smallest absolute Gasteiger partial charge is 0.338 e. The fraction of sp³-hybridized carbons (Fsp3) is 0.0667. The average Bonchev–Trinajstić information content (AvgIpc) is 2.49. The predicted octanol–water partition coefficient (Wildman–Crippen LogP) is 3.49. The highest BCUT2D eigenvalue weighted by atomic mass is 35.5. The lowest BCUT2D eigenvalue weighted by atomic mass is 10.2. The third-order valence-electron chi connectivity index (χ3n) is 2.64. The Labute approximate surface area is 136 Å². The Bertz CT molecular complexity index is 701. The molecule has 22 heavy (non-hydrogen) atoms. The molecule has 0 fully saturated rings. The molecular weight excluding hydrogens is 329 g/mol. The van der Waals surface area contributed by atoms with Crippen molar-refractivity contribution >= 4 is 40.8 Å². The molecule has 114 valence electrons. The van der Waals surface area contributed by atoms with Crippen LogP contribution in [0.4, 0.5) is 5.69 Å². The SMILES string of the molecule is O=C(COC(=O)c1ccc(O)cc1)Nc1cc(Cl)ccc1Cl. The third kappa shape index (κ3) is 4.38. The maximum absolute atomic E-state index is 11.7. The van der Waals surface area contributed by atoms with Gasteiger partial charge in [-0.2, -0.15) is 0 Å². The molecule has 7 heteroatoms. The Morgan fingerprint density at radius 1 is 1.09 bits per heavy atom. The van der Waals surface area contributed by atoms with Gasteiger partial charge in [-0.15, -0.1) is 0 Å². The van der Waals surface area contributed by atoms with Gasteiger partial charge in [-0.3, -0.25) is 4.79 Å². The van der Waals surface area contributed by atoms with Crippen LogP contribution in [-0.4, -0.2) is 23.6 Å². The number of carbonyl (C=O) groups excluding carboxylic acids is 2. The van der Waals surface area contributed by atoms with Crippen LogP contribution in [-0.2, 0) is 9.53 Å². The Hall–Kier alpha value is -2.24. The average molecular weight is 340 g/mol. The minimum atomic E-state index is -0.674. The predicted molar refractivity (Wildman–Crippen MR) is 83.5 cm³/mol. The van der Waals surface area contributed by atoms with Gasteiger partial charge in [0.1, 0.15) is 5.75 Å². The fourth-order valence-electron chi connectivity index (χ4n) is 1.59. The van der Waals surface area contributed by atoms with Crippen molar-refractivity contribution in [2.75, 3.05) is 11.9 Å². The van der Waals surface area contributed by atoms with Gasteiger partial charge < -0.3 is 15.2 Å². The van der Waals surface area contributed by atoms with Crippen molar-refractivity contribution in [1.82, 2.24) is 0 Å². The summed E-state index contributed by atoms with van der Waals surface area (Å²) in [6.45, 7) is -0.470. The largest absolute Gasteiger partial charge is 0.508 e. The molecular formula is C15H11Cl2NO4. The standard InChI is InChI=1S/C15H11Cl2NO4/c16-10-3-6-12(17)13(7-10)18-14(20)8-22-15(21)9-1-4-11(19)5-2-9/h1-7,19H,8H2,(H,18,20). The molecule has 5 nitrogen and oxygen atoms in total. The zero-order chi connectivity index (χ0) is 16.1. The normalized spacial score (nSPS) is 10.1. The minimum absolute atomic E-state index is 0.0323. The molecule has 0 aromatic heterocycles. The van der Waals surface area contributed by atoms with Gasteiger partial charge in [0.05, 0.1) is 16.3 Å². The van der Waals surface area contributed by atoms with Crippen LogP contribution >= 0.6 is 23.2 Å². The molecule has 0 atom stereocenters. The quantitative estimate of drug-likeness (QED) is 0.836. The van der Waals surface area contributed by atoms with Crippen LogP contribution in [0.5, 0.6) is 5.75 Å². The third-order valence-corrected chi connectivity index (χ3v) is 3.20. The molecule has 2 aromatic carbocycles. The van der Waals surface area contributed by atoms with Crippen molar-refractivity contribution in [2.24, 2.45) is 0 Å². The van der Waals surface area contributed by atoms with Crippen molar-refractivity contribution in [2.45, 2.75) is 0 Å². The monoisotopic (exact) mass is 339 g/mol. The van der Waals surface area contributed by atoms with Gasteiger partial charge in [0.2, 0.25) is 0 Å². The lowest BCUT2D eigenvalue weighted by Gasteiger charge is -2.08. The number of hydrogen-bond acceptors (Lipinski definition) is 4. The van der Waals surface area contributed by atoms with Gasteiger partial charge in [-0.05, 0) is 42.5 Å². The maximum Gasteiger partial charge on any atom is 0.338 e. The van der Waals surface area contributed by atoms with Gasteiger partial charge in [0.15, 0.2) is 6.61 Å². The molecule has 2 rings (SSSR count). The van der Waals surface area contributed by atoms with Crippen LogP contribution in [0.2, 0.25) is 10.0 Å². The van der Waals surface area contributed by atoms with E-state index in [-0.39, 0.29) is 11.3 Å². The van der Waals surface area contributed by atoms with E-state index < -0.39 is 18.5 Å². The second-order valence-corrected chi connectivity index (χ2v) is 5.14. The van der Waals surface area contributed by atoms with Crippen LogP contribution < -0.4 is 5.32 Å². The first-order valence-electron chi connectivity index (χ1n) is 6.17. The highest BCUT2D eigenvalue weighted by Crippen LogP contribution is 2.25. The number of halogens is 2. The minimum Gasteiger partial charge on any atom is -0.508 e. The number of hydrogen-bond donors (Lipinski definition) is 2. The second kappa shape index (κ2) is 7.15. The summed E-state index contributed by atoms with van der Waals surface area (Å²) in [5.41, 5.74) is 0.561. The van der Waals surface area contributed by atoms with Crippen LogP contribution in [0, 0.1) is 0 Å². The van der Waals surface area contributed by atoms with Gasteiger partial charge in [0, 0.05) is 5.02 Å². The van der Waals surface area contributed by atoms with Gasteiger partial charge >= 0.3 is 5.97 Å². The fourth-order valence-corrected chi connectivity index (χ4v) is 1.93. The number of benzene rings is 2. The molecule has 0 aliphatic carbocycles. The van der Waals surface area contributed by atoms with Crippen LogP contribution in [0.3, 0.4) is 0 Å². The number of phenols is 1. The molecule has 0 bridgehead atoms. The summed E-state index contributed by atoms with van der Waals surface area (Å²) in [5.74, 6) is -1.19. The van der Waals surface area contributed by atoms with Gasteiger partial charge in [-0.1, -0.05) is 23.2 Å². The molecule has 0 radical (unpaired) electrons. The topological polar surface area (TPSA) is 75.6 Å². The van der Waals surface area contributed by atoms with E-state index >= 15 is 0 Å². The van der Waals surface area contributed by atoms with E-state index in [0.29, 0.717) is 15.7 Å². The summed E-state index contributed by atoms with van der Waals surface area (Å²) in [4.78, 5) is 23.4. The summed E-state index contributed by atoms with van der Waals surface area (Å²) < 4.78 is 4.86. The number of aromatic hydroxyl groups is 1. The van der Waals surface area contributed by atoms with Crippen molar-refractivity contribution in [3.63, 3.8) is 0 Å². The number of esters is 1. The number of nitrogens with one attached hydrogen (secondary N) is 1. The van der Waals surface area contributed by atoms with Crippen LogP contribution in [0.1, 0.15) is 10.4 Å². The molecule has 0 aliphatic rings. The maximum atomic E-state index is 11.7. The molecule has 0 saturated carbocycles. The highest BCUT2D eigenvalue weighted by molar-refractivity contribution is 6.35. The Morgan fingerprint density at radius 2 is 1.77 bits per heavy atom. The summed E-state index contributed by atoms with van der Waals surface area (Å²) >= 11 is 11.7. The van der Waals surface area contributed by atoms with E-state index in [1.807, 2.05) is 0 Å². The van der Waals surface area contributed by atoms with E-state index in [9.17, 15) is 9.59 Å². The van der Waals surface area contributed by atoms with Crippen molar-refractivity contribution in [3.05, 3.63) is 58.1 Å². The molecule has 0 aliphatic heterocycles. The number of ether oxygens (including phenoxy) is 1. The molecule has 2 aromatic rings. The molecule has 0 saturated heterocycles. The Morgan fingerprint density at radius 3 is 2.45 bits per heavy atom. The molecule has 1 amide bonds. The van der Waals surface area contributed by atoms with Gasteiger partial charge in [-0.25, -0.2) is 4.79 Å². The van der Waals surface area contributed by atoms with Crippen LogP contribution in [0.15, 0.2) is 42.5 Å². The molecule has 2 N–H and O–H groups in total. The van der Waals surface area contributed by atoms with E-state index in [2.05, 4.69) is 5.32 Å². The molecule has 0 unspecified atom stereocenters. The zero-order valence-corrected chi connectivity index (χ0v) is 12.7. The number of anilines is 1. The Kier molecular flexibility index (Phi) is 5.25. The number of carbonyl (C=O) groups is 2. The lowest BCUT2D eigenvalue weighted by Crippen LogP contribution is -2.21. The van der Waals surface area contributed by atoms with Gasteiger partial charge in [0.25, 0.3) is 5.91 Å². The number of phenolic OH excluding ortho intramolecular Hbond substituents is 1. The van der Waals surface area contributed by atoms with E-state index in [1.54, 1.807) is 12.1 Å². The summed E-state index contributed by atoms with van der Waals surface area (Å²) in [5, 5.41) is 12.4. The van der Waals surface area contributed by atoms with Crippen LogP contribution in [0.25, 0.3) is 0 Å². The van der Waals surface area contributed by atoms with Crippen molar-refractivity contribution < 1.29 is 19.4 Å². The first-order valence-corrected chi connectivity index (χ1v) is 6.92. The second-order valence-electron chi connectivity index (χ2n) is 4.30. The van der Waals surface area contributed by atoms with E-state index in [4.69, 9.17) is 33.0 Å². The molecule has 0 spiro atoms.